The fourth-order valence-electron chi connectivity index (χ4n) is 3.62. The smallest absolute Gasteiger partial charge is 0.227 e. The summed E-state index contributed by atoms with van der Waals surface area (Å²) in [5.41, 5.74) is 2.38. The Morgan fingerprint density at radius 3 is 2.22 bits per heavy atom. The lowest BCUT2D eigenvalue weighted by molar-refractivity contribution is -0.122. The van der Waals surface area contributed by atoms with E-state index in [4.69, 9.17) is 4.52 Å². The van der Waals surface area contributed by atoms with Crippen LogP contribution in [0.1, 0.15) is 35.9 Å². The number of aryl methyl sites for hydroxylation is 2. The molecule has 1 heterocycles. The lowest BCUT2D eigenvalue weighted by Crippen LogP contribution is -2.44. The van der Waals surface area contributed by atoms with Crippen molar-refractivity contribution in [2.75, 3.05) is 0 Å². The molecule has 4 aromatic rings. The number of aromatic nitrogens is 2. The molecule has 0 saturated heterocycles. The van der Waals surface area contributed by atoms with E-state index in [0.717, 1.165) is 11.1 Å². The number of carbonyl (C=O) groups excluding carboxylic acids is 1. The van der Waals surface area contributed by atoms with Gasteiger partial charge in [-0.2, -0.15) is 4.98 Å². The summed E-state index contributed by atoms with van der Waals surface area (Å²) in [6.07, 6.45) is 0.464. The number of amides is 1. The minimum atomic E-state index is -0.682. The van der Waals surface area contributed by atoms with Gasteiger partial charge in [0.15, 0.2) is 0 Å². The molecule has 0 unspecified atom stereocenters. The van der Waals surface area contributed by atoms with Gasteiger partial charge in [-0.25, -0.2) is 4.39 Å². The van der Waals surface area contributed by atoms with Crippen LogP contribution in [0, 0.1) is 12.7 Å². The average Bonchev–Trinajstić information content (AvgIpc) is 3.30. The number of benzene rings is 3. The molecular weight excluding hydrogens is 405 g/mol. The van der Waals surface area contributed by atoms with Gasteiger partial charge in [-0.15, -0.1) is 0 Å². The van der Waals surface area contributed by atoms with E-state index in [-0.39, 0.29) is 24.6 Å². The maximum atomic E-state index is 13.8. The van der Waals surface area contributed by atoms with Crippen LogP contribution < -0.4 is 5.32 Å². The molecule has 0 spiro atoms. The van der Waals surface area contributed by atoms with Crippen LogP contribution in [-0.2, 0) is 16.8 Å². The zero-order valence-corrected chi connectivity index (χ0v) is 18.0. The van der Waals surface area contributed by atoms with Crippen molar-refractivity contribution in [2.45, 2.75) is 32.2 Å². The second-order valence-electron chi connectivity index (χ2n) is 7.88. The number of hydrogen-bond acceptors (Lipinski definition) is 4. The van der Waals surface area contributed by atoms with Crippen molar-refractivity contribution < 1.29 is 13.7 Å². The fourth-order valence-corrected chi connectivity index (χ4v) is 3.62. The van der Waals surface area contributed by atoms with Gasteiger partial charge >= 0.3 is 0 Å². The highest BCUT2D eigenvalue weighted by atomic mass is 19.1. The first-order chi connectivity index (χ1) is 15.5. The molecule has 0 saturated carbocycles. The Morgan fingerprint density at radius 1 is 1.00 bits per heavy atom. The highest BCUT2D eigenvalue weighted by molar-refractivity contribution is 5.78. The first-order valence-corrected chi connectivity index (χ1v) is 10.5. The van der Waals surface area contributed by atoms with Crippen molar-refractivity contribution in [3.05, 3.63) is 107 Å². The molecule has 0 aliphatic rings. The van der Waals surface area contributed by atoms with Gasteiger partial charge in [0.2, 0.25) is 17.6 Å². The number of nitrogens with one attached hydrogen (secondary N) is 1. The van der Waals surface area contributed by atoms with Crippen molar-refractivity contribution >= 4 is 5.91 Å². The van der Waals surface area contributed by atoms with Crippen LogP contribution in [-0.4, -0.2) is 16.0 Å². The van der Waals surface area contributed by atoms with Crippen LogP contribution in [0.2, 0.25) is 0 Å². The molecule has 32 heavy (non-hydrogen) atoms. The predicted octanol–water partition coefficient (Wildman–Crippen LogP) is 5.20. The molecule has 4 rings (SSSR count). The highest BCUT2D eigenvalue weighted by Crippen LogP contribution is 2.29. The average molecular weight is 429 g/mol. The lowest BCUT2D eigenvalue weighted by atomic mass is 9.84. The standard InChI is InChI=1S/C26H24FN3O2/c1-18-13-14-19(17-22(18)27)25-28-24(32-30-25)16-15-23(31)29-26(2,20-9-5-3-6-10-20)21-11-7-4-8-12-21/h3-14,17H,15-16H2,1-2H3,(H,29,31). The molecule has 5 nitrogen and oxygen atoms in total. The molecule has 0 atom stereocenters. The summed E-state index contributed by atoms with van der Waals surface area (Å²) in [6, 6.07) is 24.5. The van der Waals surface area contributed by atoms with E-state index in [9.17, 15) is 9.18 Å². The number of halogens is 1. The Labute approximate surface area is 186 Å². The largest absolute Gasteiger partial charge is 0.343 e. The summed E-state index contributed by atoms with van der Waals surface area (Å²) < 4.78 is 19.1. The molecular formula is C26H24FN3O2. The van der Waals surface area contributed by atoms with E-state index in [1.165, 1.54) is 6.07 Å². The SMILES string of the molecule is Cc1ccc(-c2noc(CCC(=O)NC(C)(c3ccccc3)c3ccccc3)n2)cc1F. The topological polar surface area (TPSA) is 68.0 Å². The number of rotatable bonds is 7. The highest BCUT2D eigenvalue weighted by Gasteiger charge is 2.30. The summed E-state index contributed by atoms with van der Waals surface area (Å²) in [7, 11) is 0. The van der Waals surface area contributed by atoms with Crippen molar-refractivity contribution in [1.29, 1.82) is 0 Å². The van der Waals surface area contributed by atoms with Gasteiger partial charge in [-0.1, -0.05) is 78.0 Å². The van der Waals surface area contributed by atoms with E-state index in [2.05, 4.69) is 15.5 Å². The Morgan fingerprint density at radius 2 is 1.62 bits per heavy atom. The van der Waals surface area contributed by atoms with Gasteiger partial charge < -0.3 is 9.84 Å². The Hall–Kier alpha value is -3.80. The zero-order chi connectivity index (χ0) is 22.6. The van der Waals surface area contributed by atoms with E-state index in [1.54, 1.807) is 19.1 Å². The van der Waals surface area contributed by atoms with Gasteiger partial charge in [0.1, 0.15) is 5.82 Å². The number of hydrogen-bond donors (Lipinski definition) is 1. The van der Waals surface area contributed by atoms with Gasteiger partial charge in [0.05, 0.1) is 5.54 Å². The lowest BCUT2D eigenvalue weighted by Gasteiger charge is -2.32. The van der Waals surface area contributed by atoms with Crippen molar-refractivity contribution in [2.24, 2.45) is 0 Å². The molecule has 6 heteroatoms. The van der Waals surface area contributed by atoms with Crippen LogP contribution in [0.25, 0.3) is 11.4 Å². The van der Waals surface area contributed by atoms with Gasteiger partial charge in [-0.3, -0.25) is 4.79 Å². The summed E-state index contributed by atoms with van der Waals surface area (Å²) in [4.78, 5) is 17.2. The summed E-state index contributed by atoms with van der Waals surface area (Å²) in [5.74, 6) is 0.172. The van der Waals surface area contributed by atoms with Crippen molar-refractivity contribution in [3.63, 3.8) is 0 Å². The van der Waals surface area contributed by atoms with Gasteiger partial charge in [0.25, 0.3) is 0 Å². The number of carbonyl (C=O) groups is 1. The normalized spacial score (nSPS) is 11.3. The molecule has 0 radical (unpaired) electrons. The van der Waals surface area contributed by atoms with E-state index >= 15 is 0 Å². The van der Waals surface area contributed by atoms with Crippen LogP contribution in [0.4, 0.5) is 4.39 Å². The Bertz CT molecular complexity index is 1170. The molecule has 162 valence electrons. The van der Waals surface area contributed by atoms with Crippen LogP contribution in [0.5, 0.6) is 0 Å². The second-order valence-corrected chi connectivity index (χ2v) is 7.88. The molecule has 0 bridgehead atoms. The molecule has 1 N–H and O–H groups in total. The van der Waals surface area contributed by atoms with E-state index < -0.39 is 5.54 Å². The van der Waals surface area contributed by atoms with Crippen LogP contribution in [0.15, 0.2) is 83.4 Å². The molecule has 3 aromatic carbocycles. The first kappa shape index (κ1) is 21.4. The second kappa shape index (κ2) is 9.14. The minimum Gasteiger partial charge on any atom is -0.343 e. The van der Waals surface area contributed by atoms with Crippen molar-refractivity contribution in [3.8, 4) is 11.4 Å². The molecule has 0 aliphatic heterocycles. The summed E-state index contributed by atoms with van der Waals surface area (Å²) in [5, 5.41) is 7.09. The fraction of sp³-hybridized carbons (Fsp3) is 0.192. The van der Waals surface area contributed by atoms with Gasteiger partial charge in [0, 0.05) is 18.4 Å². The third-order valence-corrected chi connectivity index (χ3v) is 5.56. The van der Waals surface area contributed by atoms with E-state index in [0.29, 0.717) is 22.8 Å². The van der Waals surface area contributed by atoms with Crippen LogP contribution >= 0.6 is 0 Å². The zero-order valence-electron chi connectivity index (χ0n) is 18.0. The third-order valence-electron chi connectivity index (χ3n) is 5.56. The van der Waals surface area contributed by atoms with Gasteiger partial charge in [-0.05, 0) is 36.6 Å². The number of nitrogens with zero attached hydrogens (tertiary/aromatic N) is 2. The third kappa shape index (κ3) is 4.59. The first-order valence-electron chi connectivity index (χ1n) is 10.5. The Balaban J connectivity index is 1.47. The predicted molar refractivity (Wildman–Crippen MR) is 120 cm³/mol. The Kier molecular flexibility index (Phi) is 6.12. The maximum Gasteiger partial charge on any atom is 0.227 e. The molecule has 0 aliphatic carbocycles. The summed E-state index contributed by atoms with van der Waals surface area (Å²) >= 11 is 0. The maximum absolute atomic E-state index is 13.8. The van der Waals surface area contributed by atoms with Crippen LogP contribution in [0.3, 0.4) is 0 Å². The molecule has 1 amide bonds. The monoisotopic (exact) mass is 429 g/mol. The van der Waals surface area contributed by atoms with E-state index in [1.807, 2.05) is 67.6 Å². The minimum absolute atomic E-state index is 0.138. The summed E-state index contributed by atoms with van der Waals surface area (Å²) in [6.45, 7) is 3.68. The van der Waals surface area contributed by atoms with Crippen molar-refractivity contribution in [1.82, 2.24) is 15.5 Å². The molecule has 0 fully saturated rings. The molecule has 1 aromatic heterocycles. The quantitative estimate of drug-likeness (QED) is 0.439.